The van der Waals surface area contributed by atoms with Gasteiger partial charge in [0, 0.05) is 38.1 Å². The Morgan fingerprint density at radius 3 is 1.85 bits per heavy atom. The molecule has 0 atom stereocenters. The molecule has 0 fully saturated rings. The molecule has 4 aromatic carbocycles. The van der Waals surface area contributed by atoms with Gasteiger partial charge in [-0.05, 0) is 52.1 Å². The fourth-order valence-corrected chi connectivity index (χ4v) is 5.49. The maximum Gasteiger partial charge on any atom is 0.101 e. The Bertz CT molecular complexity index is 1670. The topological polar surface area (TPSA) is 36.7 Å². The molecule has 0 unspecified atom stereocenters. The van der Waals surface area contributed by atoms with Crippen LogP contribution in [0.3, 0.4) is 0 Å². The Balaban J connectivity index is 1.42. The first-order valence-electron chi connectivity index (χ1n) is 10.8. The number of nitriles is 1. The molecule has 2 heterocycles. The van der Waals surface area contributed by atoms with E-state index in [0.29, 0.717) is 5.56 Å². The molecule has 0 aliphatic rings. The molecule has 0 saturated heterocycles. The molecule has 0 N–H and O–H groups in total. The number of nitrogens with zero attached hydrogens (tertiary/aromatic N) is 2. The van der Waals surface area contributed by atoms with Gasteiger partial charge in [-0.25, -0.2) is 0 Å². The molecule has 0 bridgehead atoms. The highest BCUT2D eigenvalue weighted by Gasteiger charge is 2.09. The summed E-state index contributed by atoms with van der Waals surface area (Å²) in [4.78, 5) is 4.21. The lowest BCUT2D eigenvalue weighted by atomic mass is 9.98. The van der Waals surface area contributed by atoms with E-state index in [1.165, 1.54) is 36.9 Å². The first-order valence-corrected chi connectivity index (χ1v) is 11.6. The monoisotopic (exact) mass is 438 g/mol. The highest BCUT2D eigenvalue weighted by molar-refractivity contribution is 7.25. The molecule has 0 saturated carbocycles. The smallest absolute Gasteiger partial charge is 0.101 e. The molecule has 0 radical (unpaired) electrons. The van der Waals surface area contributed by atoms with Gasteiger partial charge in [0.05, 0.1) is 5.56 Å². The van der Waals surface area contributed by atoms with E-state index in [0.717, 1.165) is 16.7 Å². The van der Waals surface area contributed by atoms with Crippen molar-refractivity contribution in [1.29, 1.82) is 5.26 Å². The van der Waals surface area contributed by atoms with Crippen molar-refractivity contribution in [2.75, 3.05) is 0 Å². The van der Waals surface area contributed by atoms with Gasteiger partial charge in [0.1, 0.15) is 6.07 Å². The molecule has 154 valence electrons. The highest BCUT2D eigenvalue weighted by atomic mass is 32.1. The molecule has 6 rings (SSSR count). The molecule has 33 heavy (non-hydrogen) atoms. The Morgan fingerprint density at radius 2 is 1.15 bits per heavy atom. The van der Waals surface area contributed by atoms with Crippen molar-refractivity contribution in [3.63, 3.8) is 0 Å². The minimum Gasteiger partial charge on any atom is -0.263 e. The van der Waals surface area contributed by atoms with E-state index in [4.69, 9.17) is 0 Å². The number of pyridine rings is 1. The van der Waals surface area contributed by atoms with Crippen LogP contribution in [0.25, 0.3) is 53.6 Å². The fourth-order valence-electron chi connectivity index (χ4n) is 4.30. The first kappa shape index (κ1) is 19.4. The van der Waals surface area contributed by atoms with E-state index >= 15 is 0 Å². The SMILES string of the molecule is N#Cc1cncc(-c2cccc(-c3ccc4c(c3)sc3cc(-c5ccccc5)ccc34)c2)c1. The summed E-state index contributed by atoms with van der Waals surface area (Å²) in [6, 6.07) is 36.5. The van der Waals surface area contributed by atoms with E-state index in [-0.39, 0.29) is 0 Å². The van der Waals surface area contributed by atoms with Crippen molar-refractivity contribution in [3.05, 3.63) is 115 Å². The predicted molar refractivity (Wildman–Crippen MR) is 138 cm³/mol. The lowest BCUT2D eigenvalue weighted by Crippen LogP contribution is -1.84. The quantitative estimate of drug-likeness (QED) is 0.278. The van der Waals surface area contributed by atoms with Crippen molar-refractivity contribution in [3.8, 4) is 39.4 Å². The molecular weight excluding hydrogens is 420 g/mol. The van der Waals surface area contributed by atoms with Crippen LogP contribution in [0.2, 0.25) is 0 Å². The standard InChI is InChI=1S/C30H18N2S/c31-17-20-13-26(19-32-18-20)23-8-4-7-22(14-23)25-10-12-28-27-11-9-24(21-5-2-1-3-6-21)15-29(27)33-30(28)16-25/h1-16,18-19H. The molecule has 0 aliphatic carbocycles. The third-order valence-electron chi connectivity index (χ3n) is 5.98. The summed E-state index contributed by atoms with van der Waals surface area (Å²) in [5.74, 6) is 0. The van der Waals surface area contributed by atoms with Crippen LogP contribution < -0.4 is 0 Å². The zero-order chi connectivity index (χ0) is 22.2. The molecule has 3 heteroatoms. The first-order chi connectivity index (χ1) is 16.3. The Hall–Kier alpha value is -4.26. The van der Waals surface area contributed by atoms with Crippen LogP contribution in [-0.4, -0.2) is 4.98 Å². The molecular formula is C30H18N2S. The van der Waals surface area contributed by atoms with Crippen molar-refractivity contribution in [1.82, 2.24) is 4.98 Å². The highest BCUT2D eigenvalue weighted by Crippen LogP contribution is 2.38. The third-order valence-corrected chi connectivity index (χ3v) is 7.09. The van der Waals surface area contributed by atoms with Crippen molar-refractivity contribution >= 4 is 31.5 Å². The summed E-state index contributed by atoms with van der Waals surface area (Å²) in [5, 5.41) is 11.8. The summed E-state index contributed by atoms with van der Waals surface area (Å²) in [6.07, 6.45) is 3.39. The Morgan fingerprint density at radius 1 is 0.545 bits per heavy atom. The van der Waals surface area contributed by atoms with Gasteiger partial charge in [-0.2, -0.15) is 5.26 Å². The maximum absolute atomic E-state index is 9.20. The van der Waals surface area contributed by atoms with Crippen LogP contribution in [0.15, 0.2) is 109 Å². The van der Waals surface area contributed by atoms with E-state index in [1.807, 2.05) is 17.4 Å². The van der Waals surface area contributed by atoms with Gasteiger partial charge in [0.25, 0.3) is 0 Å². The normalized spacial score (nSPS) is 11.0. The second-order valence-corrected chi connectivity index (χ2v) is 9.13. The van der Waals surface area contributed by atoms with Crippen LogP contribution in [0.1, 0.15) is 5.56 Å². The number of aromatic nitrogens is 1. The van der Waals surface area contributed by atoms with Gasteiger partial charge in [-0.3, -0.25) is 4.98 Å². The van der Waals surface area contributed by atoms with Crippen LogP contribution in [0.4, 0.5) is 0 Å². The minimum absolute atomic E-state index is 0.569. The molecule has 0 spiro atoms. The molecule has 0 aliphatic heterocycles. The van der Waals surface area contributed by atoms with E-state index in [9.17, 15) is 5.26 Å². The summed E-state index contributed by atoms with van der Waals surface area (Å²) in [7, 11) is 0. The van der Waals surface area contributed by atoms with E-state index in [1.54, 1.807) is 12.4 Å². The minimum atomic E-state index is 0.569. The van der Waals surface area contributed by atoms with Gasteiger partial charge >= 0.3 is 0 Å². The summed E-state index contributed by atoms with van der Waals surface area (Å²) in [6.45, 7) is 0. The second-order valence-electron chi connectivity index (χ2n) is 8.04. The molecule has 6 aromatic rings. The number of fused-ring (bicyclic) bond motifs is 3. The fraction of sp³-hybridized carbons (Fsp3) is 0. The van der Waals surface area contributed by atoms with Gasteiger partial charge in [-0.1, -0.05) is 72.8 Å². The number of hydrogen-bond donors (Lipinski definition) is 0. The largest absolute Gasteiger partial charge is 0.263 e. The molecule has 0 amide bonds. The van der Waals surface area contributed by atoms with E-state index in [2.05, 4.69) is 102 Å². The average molecular weight is 439 g/mol. The Kier molecular flexibility index (Phi) is 4.72. The predicted octanol–water partition coefficient (Wildman–Crippen LogP) is 8.32. The lowest BCUT2D eigenvalue weighted by Gasteiger charge is -2.06. The van der Waals surface area contributed by atoms with Crippen LogP contribution in [-0.2, 0) is 0 Å². The number of rotatable bonds is 3. The third kappa shape index (κ3) is 3.57. The maximum atomic E-state index is 9.20. The van der Waals surface area contributed by atoms with Crippen molar-refractivity contribution < 1.29 is 0 Å². The summed E-state index contributed by atoms with van der Waals surface area (Å²) < 4.78 is 2.59. The van der Waals surface area contributed by atoms with Gasteiger partial charge < -0.3 is 0 Å². The van der Waals surface area contributed by atoms with Crippen LogP contribution >= 0.6 is 11.3 Å². The zero-order valence-electron chi connectivity index (χ0n) is 17.7. The van der Waals surface area contributed by atoms with Crippen molar-refractivity contribution in [2.45, 2.75) is 0 Å². The number of thiophene rings is 1. The number of hydrogen-bond acceptors (Lipinski definition) is 3. The van der Waals surface area contributed by atoms with Gasteiger partial charge in [0.2, 0.25) is 0 Å². The molecule has 2 aromatic heterocycles. The second kappa shape index (κ2) is 8.02. The summed E-state index contributed by atoms with van der Waals surface area (Å²) >= 11 is 1.84. The van der Waals surface area contributed by atoms with E-state index < -0.39 is 0 Å². The van der Waals surface area contributed by atoms with Gasteiger partial charge in [-0.15, -0.1) is 11.3 Å². The zero-order valence-corrected chi connectivity index (χ0v) is 18.5. The van der Waals surface area contributed by atoms with Crippen LogP contribution in [0.5, 0.6) is 0 Å². The summed E-state index contributed by atoms with van der Waals surface area (Å²) in [5.41, 5.74) is 7.40. The molecule has 2 nitrogen and oxygen atoms in total. The van der Waals surface area contributed by atoms with Crippen molar-refractivity contribution in [2.24, 2.45) is 0 Å². The lowest BCUT2D eigenvalue weighted by molar-refractivity contribution is 1.30. The van der Waals surface area contributed by atoms with Gasteiger partial charge in [0.15, 0.2) is 0 Å². The number of benzene rings is 4. The Labute approximate surface area is 196 Å². The van der Waals surface area contributed by atoms with Crippen LogP contribution in [0, 0.1) is 11.3 Å². The average Bonchev–Trinajstić information content (AvgIpc) is 3.26.